The molecule has 2 heteroatoms. The van der Waals surface area contributed by atoms with Gasteiger partial charge in [0.2, 0.25) is 0 Å². The molecule has 1 aliphatic heterocycles. The van der Waals surface area contributed by atoms with E-state index in [1.807, 2.05) is 0 Å². The molecule has 3 rings (SSSR count). The Morgan fingerprint density at radius 1 is 1.16 bits per heavy atom. The zero-order valence-electron chi connectivity index (χ0n) is 11.8. The number of nitrogens with zero attached hydrogens (tertiary/aromatic N) is 1. The van der Waals surface area contributed by atoms with Gasteiger partial charge < -0.3 is 10.2 Å². The van der Waals surface area contributed by atoms with Crippen molar-refractivity contribution in [3.8, 4) is 0 Å². The molecule has 0 saturated carbocycles. The normalized spacial score (nSPS) is 21.9. The largest absolute Gasteiger partial charge is 0.306 e. The van der Waals surface area contributed by atoms with Gasteiger partial charge in [0, 0.05) is 18.6 Å². The molecular weight excluding hydrogens is 232 g/mol. The Hall–Kier alpha value is -1.38. The van der Waals surface area contributed by atoms with Crippen LogP contribution in [0.25, 0.3) is 10.8 Å². The van der Waals surface area contributed by atoms with Crippen LogP contribution in [0.15, 0.2) is 42.5 Å². The molecule has 19 heavy (non-hydrogen) atoms. The van der Waals surface area contributed by atoms with Crippen molar-refractivity contribution in [3.63, 3.8) is 0 Å². The van der Waals surface area contributed by atoms with Gasteiger partial charge in [-0.3, -0.25) is 0 Å². The van der Waals surface area contributed by atoms with Gasteiger partial charge in [-0.2, -0.15) is 0 Å². The lowest BCUT2D eigenvalue weighted by molar-refractivity contribution is 0.387. The highest BCUT2D eigenvalue weighted by molar-refractivity contribution is 5.83. The molecule has 1 saturated heterocycles. The topological polar surface area (TPSA) is 15.3 Å². The maximum Gasteiger partial charge on any atom is 0.0295 e. The molecular formula is C17H22N2. The van der Waals surface area contributed by atoms with Crippen LogP contribution >= 0.6 is 0 Å². The van der Waals surface area contributed by atoms with E-state index in [-0.39, 0.29) is 0 Å². The van der Waals surface area contributed by atoms with Crippen LogP contribution in [0.4, 0.5) is 0 Å². The van der Waals surface area contributed by atoms with Gasteiger partial charge in [-0.05, 0) is 49.3 Å². The smallest absolute Gasteiger partial charge is 0.0295 e. The Morgan fingerprint density at radius 2 is 1.95 bits per heavy atom. The highest BCUT2D eigenvalue weighted by Gasteiger charge is 2.21. The average molecular weight is 254 g/mol. The quantitative estimate of drug-likeness (QED) is 0.905. The first-order chi connectivity index (χ1) is 9.22. The first-order valence-electron chi connectivity index (χ1n) is 7.15. The molecule has 1 fully saturated rings. The lowest BCUT2D eigenvalue weighted by atomic mass is 10.0. The minimum absolute atomic E-state index is 0.418. The van der Waals surface area contributed by atoms with Crippen molar-refractivity contribution >= 4 is 10.8 Å². The minimum atomic E-state index is 0.418. The fourth-order valence-corrected chi connectivity index (χ4v) is 3.00. The van der Waals surface area contributed by atoms with Crippen molar-refractivity contribution in [2.45, 2.75) is 25.4 Å². The zero-order chi connectivity index (χ0) is 13.2. The van der Waals surface area contributed by atoms with Gasteiger partial charge in [0.25, 0.3) is 0 Å². The third kappa shape index (κ3) is 2.80. The number of benzene rings is 2. The molecule has 0 unspecified atom stereocenters. The third-order valence-electron chi connectivity index (χ3n) is 4.15. The highest BCUT2D eigenvalue weighted by atomic mass is 15.2. The fraction of sp³-hybridized carbons (Fsp3) is 0.412. The molecule has 1 heterocycles. The molecule has 2 atom stereocenters. The van der Waals surface area contributed by atoms with Gasteiger partial charge >= 0.3 is 0 Å². The molecule has 2 aromatic rings. The highest BCUT2D eigenvalue weighted by Crippen LogP contribution is 2.21. The number of fused-ring (bicyclic) bond motifs is 1. The molecule has 0 aliphatic carbocycles. The van der Waals surface area contributed by atoms with Crippen molar-refractivity contribution < 1.29 is 0 Å². The Bertz CT molecular complexity index is 564. The van der Waals surface area contributed by atoms with Crippen LogP contribution in [0.3, 0.4) is 0 Å². The van der Waals surface area contributed by atoms with Crippen LogP contribution in [0.5, 0.6) is 0 Å². The van der Waals surface area contributed by atoms with Crippen LogP contribution in [-0.2, 0) is 0 Å². The predicted molar refractivity (Wildman–Crippen MR) is 81.4 cm³/mol. The second-order valence-corrected chi connectivity index (χ2v) is 5.74. The number of hydrogen-bond donors (Lipinski definition) is 1. The summed E-state index contributed by atoms with van der Waals surface area (Å²) in [6, 6.07) is 16.4. The first-order valence-corrected chi connectivity index (χ1v) is 7.15. The monoisotopic (exact) mass is 254 g/mol. The number of nitrogens with one attached hydrogen (secondary N) is 1. The van der Waals surface area contributed by atoms with Gasteiger partial charge in [-0.15, -0.1) is 0 Å². The molecule has 0 spiro atoms. The Balaban J connectivity index is 1.75. The lowest BCUT2D eigenvalue weighted by Crippen LogP contribution is -2.33. The molecule has 0 amide bonds. The summed E-state index contributed by atoms with van der Waals surface area (Å²) in [5.41, 5.74) is 1.38. The van der Waals surface area contributed by atoms with Crippen LogP contribution in [0.2, 0.25) is 0 Å². The standard InChI is InChI=1S/C17H22N2/c1-13(18-17-9-10-19(2)12-17)15-8-7-14-5-3-4-6-16(14)11-15/h3-8,11,13,17-18H,9-10,12H2,1-2H3/t13-,17-/m0/s1. The maximum absolute atomic E-state index is 3.75. The van der Waals surface area contributed by atoms with Gasteiger partial charge in [-0.25, -0.2) is 0 Å². The Kier molecular flexibility index (Phi) is 3.54. The first kappa shape index (κ1) is 12.6. The van der Waals surface area contributed by atoms with Crippen molar-refractivity contribution in [1.29, 1.82) is 0 Å². The molecule has 1 aliphatic rings. The van der Waals surface area contributed by atoms with Crippen molar-refractivity contribution in [3.05, 3.63) is 48.0 Å². The Morgan fingerprint density at radius 3 is 2.68 bits per heavy atom. The minimum Gasteiger partial charge on any atom is -0.306 e. The van der Waals surface area contributed by atoms with Gasteiger partial charge in [-0.1, -0.05) is 36.4 Å². The van der Waals surface area contributed by atoms with Crippen LogP contribution in [0.1, 0.15) is 24.9 Å². The summed E-state index contributed by atoms with van der Waals surface area (Å²) in [4.78, 5) is 2.39. The van der Waals surface area contributed by atoms with E-state index in [2.05, 4.69) is 66.7 Å². The second-order valence-electron chi connectivity index (χ2n) is 5.74. The van der Waals surface area contributed by atoms with E-state index in [0.717, 1.165) is 6.54 Å². The number of likely N-dealkylation sites (N-methyl/N-ethyl adjacent to an activating group) is 1. The van der Waals surface area contributed by atoms with E-state index >= 15 is 0 Å². The van der Waals surface area contributed by atoms with Crippen molar-refractivity contribution in [2.75, 3.05) is 20.1 Å². The summed E-state index contributed by atoms with van der Waals surface area (Å²) < 4.78 is 0. The fourth-order valence-electron chi connectivity index (χ4n) is 3.00. The second kappa shape index (κ2) is 5.32. The summed E-state index contributed by atoms with van der Waals surface area (Å²) in [6.45, 7) is 4.64. The van der Waals surface area contributed by atoms with E-state index in [1.165, 1.54) is 29.3 Å². The maximum atomic E-state index is 3.75. The molecule has 0 bridgehead atoms. The lowest BCUT2D eigenvalue weighted by Gasteiger charge is -2.20. The average Bonchev–Trinajstić information content (AvgIpc) is 2.83. The molecule has 2 nitrogen and oxygen atoms in total. The number of likely N-dealkylation sites (tertiary alicyclic amines) is 1. The Labute approximate surface area is 115 Å². The van der Waals surface area contributed by atoms with Gasteiger partial charge in [0.15, 0.2) is 0 Å². The summed E-state index contributed by atoms with van der Waals surface area (Å²) >= 11 is 0. The van der Waals surface area contributed by atoms with Gasteiger partial charge in [0.05, 0.1) is 0 Å². The van der Waals surface area contributed by atoms with Crippen LogP contribution < -0.4 is 5.32 Å². The van der Waals surface area contributed by atoms with Crippen LogP contribution in [-0.4, -0.2) is 31.1 Å². The predicted octanol–water partition coefficient (Wildman–Crippen LogP) is 3.19. The zero-order valence-corrected chi connectivity index (χ0v) is 11.8. The van der Waals surface area contributed by atoms with E-state index in [0.29, 0.717) is 12.1 Å². The molecule has 0 radical (unpaired) electrons. The summed E-state index contributed by atoms with van der Waals surface area (Å²) in [7, 11) is 2.20. The summed E-state index contributed by atoms with van der Waals surface area (Å²) in [5.74, 6) is 0. The SMILES string of the molecule is C[C@H](N[C@H]1CCN(C)C1)c1ccc2ccccc2c1. The molecule has 0 aromatic heterocycles. The van der Waals surface area contributed by atoms with Gasteiger partial charge in [0.1, 0.15) is 0 Å². The van der Waals surface area contributed by atoms with E-state index < -0.39 is 0 Å². The van der Waals surface area contributed by atoms with Crippen LogP contribution in [0, 0.1) is 0 Å². The third-order valence-corrected chi connectivity index (χ3v) is 4.15. The summed E-state index contributed by atoms with van der Waals surface area (Å²) in [5, 5.41) is 6.40. The number of hydrogen-bond acceptors (Lipinski definition) is 2. The van der Waals surface area contributed by atoms with E-state index in [9.17, 15) is 0 Å². The van der Waals surface area contributed by atoms with Crippen molar-refractivity contribution in [2.24, 2.45) is 0 Å². The van der Waals surface area contributed by atoms with Crippen molar-refractivity contribution in [1.82, 2.24) is 10.2 Å². The van der Waals surface area contributed by atoms with E-state index in [4.69, 9.17) is 0 Å². The molecule has 100 valence electrons. The summed E-state index contributed by atoms with van der Waals surface area (Å²) in [6.07, 6.45) is 1.26. The van der Waals surface area contributed by atoms with E-state index in [1.54, 1.807) is 0 Å². The molecule has 2 aromatic carbocycles. The number of rotatable bonds is 3. The molecule has 1 N–H and O–H groups in total.